The molecule has 2 aliphatic rings. The van der Waals surface area contributed by atoms with E-state index in [1.54, 1.807) is 5.57 Å². The molecule has 1 N–H and O–H groups in total. The Balaban J connectivity index is 1.97. The molecule has 0 amide bonds. The zero-order valence-electron chi connectivity index (χ0n) is 9.42. The Morgan fingerprint density at radius 1 is 1.29 bits per heavy atom. The van der Waals surface area contributed by atoms with Crippen LogP contribution in [-0.4, -0.2) is 11.7 Å². The van der Waals surface area contributed by atoms with Gasteiger partial charge in [-0.05, 0) is 42.9 Å². The van der Waals surface area contributed by atoms with E-state index in [1.165, 1.54) is 32.1 Å². The molecule has 1 heteroatoms. The van der Waals surface area contributed by atoms with Crippen LogP contribution in [0, 0.1) is 17.3 Å². The summed E-state index contributed by atoms with van der Waals surface area (Å²) >= 11 is 0. The van der Waals surface area contributed by atoms with Crippen molar-refractivity contribution < 1.29 is 5.11 Å². The molecule has 2 aliphatic carbocycles. The largest absolute Gasteiger partial charge is 0.396 e. The molecule has 2 saturated carbocycles. The van der Waals surface area contributed by atoms with Crippen LogP contribution in [-0.2, 0) is 0 Å². The first-order valence-electron chi connectivity index (χ1n) is 5.96. The maximum absolute atomic E-state index is 9.21. The number of hydrogen-bond donors (Lipinski definition) is 1. The van der Waals surface area contributed by atoms with Crippen molar-refractivity contribution in [2.45, 2.75) is 46.0 Å². The summed E-state index contributed by atoms with van der Waals surface area (Å²) in [7, 11) is 0. The van der Waals surface area contributed by atoms with Crippen LogP contribution in [0.3, 0.4) is 0 Å². The van der Waals surface area contributed by atoms with Gasteiger partial charge in [-0.1, -0.05) is 31.9 Å². The predicted molar refractivity (Wildman–Crippen MR) is 59.0 cm³/mol. The van der Waals surface area contributed by atoms with Gasteiger partial charge in [0.2, 0.25) is 0 Å². The van der Waals surface area contributed by atoms with E-state index >= 15 is 0 Å². The number of aliphatic hydroxyl groups is 1. The monoisotopic (exact) mass is 194 g/mol. The minimum atomic E-state index is 0.360. The molecule has 0 aromatic rings. The summed E-state index contributed by atoms with van der Waals surface area (Å²) in [6.45, 7) is 4.92. The highest BCUT2D eigenvalue weighted by molar-refractivity contribution is 5.19. The average Bonchev–Trinajstić information content (AvgIpc) is 2.69. The molecular formula is C13H22O. The van der Waals surface area contributed by atoms with Gasteiger partial charge in [0.25, 0.3) is 0 Å². The maximum atomic E-state index is 9.21. The third-order valence-electron chi connectivity index (χ3n) is 4.25. The smallest absolute Gasteiger partial charge is 0.0470 e. The lowest BCUT2D eigenvalue weighted by Crippen LogP contribution is -1.95. The molecule has 0 spiro atoms. The molecule has 0 aromatic carbocycles. The van der Waals surface area contributed by atoms with E-state index < -0.39 is 0 Å². The predicted octanol–water partition coefficient (Wildman–Crippen LogP) is 3.14. The van der Waals surface area contributed by atoms with Crippen molar-refractivity contribution in [3.8, 4) is 0 Å². The molecule has 14 heavy (non-hydrogen) atoms. The fourth-order valence-electron chi connectivity index (χ4n) is 2.89. The lowest BCUT2D eigenvalue weighted by Gasteiger charge is -2.13. The van der Waals surface area contributed by atoms with Gasteiger partial charge in [-0.15, -0.1) is 0 Å². The summed E-state index contributed by atoms with van der Waals surface area (Å²) in [4.78, 5) is 0. The van der Waals surface area contributed by atoms with E-state index in [9.17, 15) is 5.11 Å². The molecule has 2 fully saturated rings. The van der Waals surface area contributed by atoms with Gasteiger partial charge >= 0.3 is 0 Å². The molecule has 0 bridgehead atoms. The lowest BCUT2D eigenvalue weighted by atomic mass is 9.93. The van der Waals surface area contributed by atoms with Crippen molar-refractivity contribution in [3.05, 3.63) is 11.6 Å². The summed E-state index contributed by atoms with van der Waals surface area (Å²) in [6, 6.07) is 0. The second kappa shape index (κ2) is 3.69. The van der Waals surface area contributed by atoms with Gasteiger partial charge in [0.15, 0.2) is 0 Å². The average molecular weight is 194 g/mol. The van der Waals surface area contributed by atoms with Crippen molar-refractivity contribution >= 4 is 0 Å². The highest BCUT2D eigenvalue weighted by Gasteiger charge is 2.55. The van der Waals surface area contributed by atoms with Crippen molar-refractivity contribution in [2.24, 2.45) is 17.3 Å². The minimum Gasteiger partial charge on any atom is -0.396 e. The second-order valence-corrected chi connectivity index (χ2v) is 5.52. The van der Waals surface area contributed by atoms with E-state index in [0.717, 1.165) is 0 Å². The fourth-order valence-corrected chi connectivity index (χ4v) is 2.89. The normalized spacial score (nSPS) is 35.5. The third-order valence-corrected chi connectivity index (χ3v) is 4.25. The Bertz CT molecular complexity index is 232. The van der Waals surface area contributed by atoms with Gasteiger partial charge in [-0.25, -0.2) is 0 Å². The van der Waals surface area contributed by atoms with Crippen LogP contribution in [0.15, 0.2) is 11.6 Å². The summed E-state index contributed by atoms with van der Waals surface area (Å²) in [6.07, 6.45) is 9.26. The first-order chi connectivity index (χ1) is 6.66. The second-order valence-electron chi connectivity index (χ2n) is 5.52. The van der Waals surface area contributed by atoms with E-state index in [4.69, 9.17) is 0 Å². The zero-order valence-corrected chi connectivity index (χ0v) is 9.42. The molecular weight excluding hydrogens is 172 g/mol. The number of aliphatic hydroxyl groups excluding tert-OH is 1. The Morgan fingerprint density at radius 2 is 1.93 bits per heavy atom. The maximum Gasteiger partial charge on any atom is 0.0470 e. The number of rotatable bonds is 2. The number of allylic oxidation sites excluding steroid dienone is 2. The van der Waals surface area contributed by atoms with Crippen molar-refractivity contribution in [2.75, 3.05) is 6.61 Å². The SMILES string of the molecule is CC1(C)C(C=C2CCCCC2)C1CO. The van der Waals surface area contributed by atoms with Crippen LogP contribution in [0.1, 0.15) is 46.0 Å². The van der Waals surface area contributed by atoms with Gasteiger partial charge in [-0.3, -0.25) is 0 Å². The van der Waals surface area contributed by atoms with Crippen LogP contribution in [0.4, 0.5) is 0 Å². The fraction of sp³-hybridized carbons (Fsp3) is 0.846. The quantitative estimate of drug-likeness (QED) is 0.670. The number of hydrogen-bond acceptors (Lipinski definition) is 1. The van der Waals surface area contributed by atoms with E-state index in [2.05, 4.69) is 19.9 Å². The first kappa shape index (κ1) is 10.2. The van der Waals surface area contributed by atoms with Crippen LogP contribution < -0.4 is 0 Å². The molecule has 80 valence electrons. The molecule has 0 heterocycles. The molecule has 2 rings (SSSR count). The molecule has 0 radical (unpaired) electrons. The van der Waals surface area contributed by atoms with Crippen molar-refractivity contribution in [1.82, 2.24) is 0 Å². The standard InChI is InChI=1S/C13H22O/c1-13(2)11(12(13)9-14)8-10-6-4-3-5-7-10/h8,11-12,14H,3-7,9H2,1-2H3. The van der Waals surface area contributed by atoms with Gasteiger partial charge in [0.1, 0.15) is 0 Å². The Kier molecular flexibility index (Phi) is 2.70. The van der Waals surface area contributed by atoms with Gasteiger partial charge < -0.3 is 5.11 Å². The topological polar surface area (TPSA) is 20.2 Å². The van der Waals surface area contributed by atoms with Crippen LogP contribution >= 0.6 is 0 Å². The Labute approximate surface area is 87.2 Å². The van der Waals surface area contributed by atoms with E-state index in [1.807, 2.05) is 0 Å². The van der Waals surface area contributed by atoms with E-state index in [0.29, 0.717) is 23.9 Å². The highest BCUT2D eigenvalue weighted by Crippen LogP contribution is 2.59. The highest BCUT2D eigenvalue weighted by atomic mass is 16.3. The van der Waals surface area contributed by atoms with Crippen molar-refractivity contribution in [3.63, 3.8) is 0 Å². The third kappa shape index (κ3) is 1.75. The first-order valence-corrected chi connectivity index (χ1v) is 5.96. The van der Waals surface area contributed by atoms with E-state index in [-0.39, 0.29) is 0 Å². The van der Waals surface area contributed by atoms with Gasteiger partial charge in [0.05, 0.1) is 0 Å². The Hall–Kier alpha value is -0.300. The van der Waals surface area contributed by atoms with Crippen LogP contribution in [0.25, 0.3) is 0 Å². The van der Waals surface area contributed by atoms with Crippen molar-refractivity contribution in [1.29, 1.82) is 0 Å². The lowest BCUT2D eigenvalue weighted by molar-refractivity contribution is 0.256. The Morgan fingerprint density at radius 3 is 2.43 bits per heavy atom. The molecule has 0 saturated heterocycles. The summed E-state index contributed by atoms with van der Waals surface area (Å²) < 4.78 is 0. The summed E-state index contributed by atoms with van der Waals surface area (Å²) in [5.74, 6) is 1.18. The van der Waals surface area contributed by atoms with Gasteiger partial charge in [0, 0.05) is 6.61 Å². The molecule has 2 unspecified atom stereocenters. The molecule has 0 aromatic heterocycles. The van der Waals surface area contributed by atoms with Gasteiger partial charge in [-0.2, -0.15) is 0 Å². The molecule has 1 nitrogen and oxygen atoms in total. The zero-order chi connectivity index (χ0) is 10.2. The van der Waals surface area contributed by atoms with Crippen LogP contribution in [0.2, 0.25) is 0 Å². The van der Waals surface area contributed by atoms with Crippen LogP contribution in [0.5, 0.6) is 0 Å². The molecule has 2 atom stereocenters. The summed E-state index contributed by atoms with van der Waals surface area (Å²) in [5, 5.41) is 9.21. The minimum absolute atomic E-state index is 0.360. The molecule has 0 aliphatic heterocycles. The summed E-state index contributed by atoms with van der Waals surface area (Å²) in [5.41, 5.74) is 2.02.